The van der Waals surface area contributed by atoms with Crippen LogP contribution < -0.4 is 9.47 Å². The Hall–Kier alpha value is -3.78. The molecule has 0 amide bonds. The second kappa shape index (κ2) is 10.3. The topological polar surface area (TPSA) is 44.8 Å². The molecule has 1 aromatic heterocycles. The fraction of sp³-hybridized carbons (Fsp3) is 0.207. The molecular weight excluding hydrogens is 501 g/mol. The highest BCUT2D eigenvalue weighted by atomic mass is 32.1. The van der Waals surface area contributed by atoms with E-state index in [2.05, 4.69) is 0 Å². The van der Waals surface area contributed by atoms with Gasteiger partial charge in [-0.05, 0) is 80.4 Å². The Balaban J connectivity index is 1.64. The number of hydrogen-bond donors (Lipinski definition) is 0. The van der Waals surface area contributed by atoms with Crippen molar-refractivity contribution in [3.05, 3.63) is 83.9 Å². The average molecular weight is 527 g/mol. The number of halogens is 3. The van der Waals surface area contributed by atoms with Gasteiger partial charge in [0, 0.05) is 16.2 Å². The number of alkyl halides is 3. The zero-order valence-electron chi connectivity index (χ0n) is 20.7. The molecule has 0 radical (unpaired) electrons. The van der Waals surface area contributed by atoms with Crippen molar-refractivity contribution in [3.63, 3.8) is 0 Å². The third-order valence-electron chi connectivity index (χ3n) is 5.24. The van der Waals surface area contributed by atoms with Gasteiger partial charge in [-0.1, -0.05) is 24.3 Å². The van der Waals surface area contributed by atoms with Crippen molar-refractivity contribution in [1.82, 2.24) is 0 Å². The lowest BCUT2D eigenvalue weighted by atomic mass is 10.1. The largest absolute Gasteiger partial charge is 0.497 e. The molecule has 3 aromatic carbocycles. The number of carbonyl (C=O) groups excluding carboxylic acids is 1. The van der Waals surface area contributed by atoms with Crippen LogP contribution in [-0.4, -0.2) is 18.7 Å². The summed E-state index contributed by atoms with van der Waals surface area (Å²) in [5.41, 5.74) is 0.106. The maximum Gasteiger partial charge on any atom is 0.416 e. The van der Waals surface area contributed by atoms with Crippen molar-refractivity contribution in [2.75, 3.05) is 7.11 Å². The van der Waals surface area contributed by atoms with Crippen LogP contribution >= 0.6 is 11.3 Å². The number of esters is 1. The Morgan fingerprint density at radius 2 is 1.54 bits per heavy atom. The molecule has 192 valence electrons. The van der Waals surface area contributed by atoms with E-state index in [1.807, 2.05) is 18.2 Å². The Labute approximate surface area is 216 Å². The van der Waals surface area contributed by atoms with Crippen LogP contribution in [0, 0.1) is 0 Å². The molecule has 0 saturated carbocycles. The van der Waals surface area contributed by atoms with E-state index < -0.39 is 23.3 Å². The maximum absolute atomic E-state index is 13.1. The van der Waals surface area contributed by atoms with Crippen LogP contribution in [0.3, 0.4) is 0 Å². The van der Waals surface area contributed by atoms with Gasteiger partial charge in [0.05, 0.1) is 17.6 Å². The minimum absolute atomic E-state index is 0.436. The number of methoxy groups -OCH3 is 1. The summed E-state index contributed by atoms with van der Waals surface area (Å²) in [5.74, 6) is 1.31. The summed E-state index contributed by atoms with van der Waals surface area (Å²) in [6.07, 6.45) is -1.40. The zero-order valence-corrected chi connectivity index (χ0v) is 21.5. The molecule has 0 spiro atoms. The van der Waals surface area contributed by atoms with Gasteiger partial charge >= 0.3 is 12.1 Å². The second-order valence-electron chi connectivity index (χ2n) is 9.24. The first-order chi connectivity index (χ1) is 17.4. The van der Waals surface area contributed by atoms with Crippen LogP contribution in [0.1, 0.15) is 31.9 Å². The van der Waals surface area contributed by atoms with E-state index in [1.165, 1.54) is 29.5 Å². The molecule has 0 unspecified atom stereocenters. The SMILES string of the molecule is COc1ccc2c(Oc3ccc(C=CC(=O)OC(C)(C)C)cc3)c(-c3ccc(C(F)(F)F)cc3)sc2c1. The molecule has 4 nitrogen and oxygen atoms in total. The predicted octanol–water partition coefficient (Wildman–Crippen LogP) is 8.74. The Morgan fingerprint density at radius 3 is 2.14 bits per heavy atom. The van der Waals surface area contributed by atoms with Gasteiger partial charge in [0.15, 0.2) is 5.75 Å². The van der Waals surface area contributed by atoms with E-state index in [4.69, 9.17) is 14.2 Å². The van der Waals surface area contributed by atoms with Crippen LogP contribution in [-0.2, 0) is 15.7 Å². The monoisotopic (exact) mass is 526 g/mol. The van der Waals surface area contributed by atoms with E-state index in [0.29, 0.717) is 27.7 Å². The Morgan fingerprint density at radius 1 is 0.892 bits per heavy atom. The maximum atomic E-state index is 13.1. The lowest BCUT2D eigenvalue weighted by Crippen LogP contribution is -2.22. The van der Waals surface area contributed by atoms with Gasteiger partial charge in [-0.3, -0.25) is 0 Å². The molecule has 1 heterocycles. The molecule has 0 bridgehead atoms. The third-order valence-corrected chi connectivity index (χ3v) is 6.43. The molecule has 0 N–H and O–H groups in total. The van der Waals surface area contributed by atoms with Crippen molar-refractivity contribution >= 4 is 33.5 Å². The van der Waals surface area contributed by atoms with Crippen molar-refractivity contribution < 1.29 is 32.2 Å². The van der Waals surface area contributed by atoms with Crippen LogP contribution in [0.25, 0.3) is 26.6 Å². The highest BCUT2D eigenvalue weighted by molar-refractivity contribution is 7.22. The summed E-state index contributed by atoms with van der Waals surface area (Å²) in [5, 5.41) is 0.814. The highest BCUT2D eigenvalue weighted by Gasteiger charge is 2.30. The molecule has 37 heavy (non-hydrogen) atoms. The number of ether oxygens (including phenoxy) is 3. The Bertz CT molecular complexity index is 1430. The quantitative estimate of drug-likeness (QED) is 0.186. The number of rotatable bonds is 6. The van der Waals surface area contributed by atoms with Crippen LogP contribution in [0.5, 0.6) is 17.2 Å². The van der Waals surface area contributed by atoms with Crippen molar-refractivity contribution in [2.24, 2.45) is 0 Å². The summed E-state index contributed by atoms with van der Waals surface area (Å²) in [4.78, 5) is 12.6. The van der Waals surface area contributed by atoms with Crippen LogP contribution in [0.15, 0.2) is 72.8 Å². The van der Waals surface area contributed by atoms with Crippen molar-refractivity contribution in [3.8, 4) is 27.7 Å². The number of hydrogen-bond acceptors (Lipinski definition) is 5. The molecular formula is C29H25F3O4S. The van der Waals surface area contributed by atoms with Gasteiger partial charge in [0.25, 0.3) is 0 Å². The lowest BCUT2D eigenvalue weighted by Gasteiger charge is -2.17. The van der Waals surface area contributed by atoms with Gasteiger partial charge in [0.2, 0.25) is 0 Å². The summed E-state index contributed by atoms with van der Waals surface area (Å²) in [6, 6.07) is 17.7. The standard InChI is InChI=1S/C29H25F3O4S/c1-28(2,3)36-25(33)16-7-18-5-12-21(13-6-18)35-26-23-15-14-22(34-4)17-24(23)37-27(26)19-8-10-20(11-9-19)29(30,31)32/h5-17H,1-4H3. The fourth-order valence-electron chi connectivity index (χ4n) is 3.55. The summed E-state index contributed by atoms with van der Waals surface area (Å²) >= 11 is 1.41. The smallest absolute Gasteiger partial charge is 0.416 e. The van der Waals surface area contributed by atoms with Crippen molar-refractivity contribution in [1.29, 1.82) is 0 Å². The predicted molar refractivity (Wildman–Crippen MR) is 140 cm³/mol. The van der Waals surface area contributed by atoms with Crippen LogP contribution in [0.2, 0.25) is 0 Å². The van der Waals surface area contributed by atoms with Gasteiger partial charge < -0.3 is 14.2 Å². The first kappa shape index (κ1) is 26.3. The molecule has 8 heteroatoms. The third kappa shape index (κ3) is 6.51. The molecule has 0 saturated heterocycles. The first-order valence-corrected chi connectivity index (χ1v) is 12.2. The molecule has 0 aliphatic heterocycles. The molecule has 0 aliphatic rings. The van der Waals surface area contributed by atoms with Gasteiger partial charge in [-0.15, -0.1) is 11.3 Å². The van der Waals surface area contributed by atoms with Gasteiger partial charge in [-0.2, -0.15) is 13.2 Å². The number of fused-ring (bicyclic) bond motifs is 1. The minimum atomic E-state index is -4.41. The summed E-state index contributed by atoms with van der Waals surface area (Å²) < 4.78 is 57.0. The normalized spacial score (nSPS) is 12.2. The Kier molecular flexibility index (Phi) is 7.32. The summed E-state index contributed by atoms with van der Waals surface area (Å²) in [6.45, 7) is 5.40. The lowest BCUT2D eigenvalue weighted by molar-refractivity contribution is -0.148. The highest BCUT2D eigenvalue weighted by Crippen LogP contribution is 2.47. The van der Waals surface area contributed by atoms with E-state index >= 15 is 0 Å². The minimum Gasteiger partial charge on any atom is -0.497 e. The average Bonchev–Trinajstić information content (AvgIpc) is 3.19. The number of thiophene rings is 1. The number of carbonyl (C=O) groups is 1. The molecule has 4 aromatic rings. The van der Waals surface area contributed by atoms with Gasteiger partial charge in [0.1, 0.15) is 17.1 Å². The molecule has 4 rings (SSSR count). The van der Waals surface area contributed by atoms with E-state index in [-0.39, 0.29) is 0 Å². The van der Waals surface area contributed by atoms with E-state index in [9.17, 15) is 18.0 Å². The second-order valence-corrected chi connectivity index (χ2v) is 10.3. The van der Waals surface area contributed by atoms with E-state index in [1.54, 1.807) is 58.2 Å². The number of benzene rings is 3. The summed E-state index contributed by atoms with van der Waals surface area (Å²) in [7, 11) is 1.57. The van der Waals surface area contributed by atoms with Gasteiger partial charge in [-0.25, -0.2) is 4.79 Å². The van der Waals surface area contributed by atoms with Crippen LogP contribution in [0.4, 0.5) is 13.2 Å². The fourth-order valence-corrected chi connectivity index (χ4v) is 4.71. The van der Waals surface area contributed by atoms with Crippen molar-refractivity contribution in [2.45, 2.75) is 32.5 Å². The molecule has 0 aliphatic carbocycles. The van der Waals surface area contributed by atoms with E-state index in [0.717, 1.165) is 27.8 Å². The zero-order chi connectivity index (χ0) is 26.8. The molecule has 0 atom stereocenters. The first-order valence-electron chi connectivity index (χ1n) is 11.4. The molecule has 0 fully saturated rings.